The Bertz CT molecular complexity index is 891. The second-order valence-corrected chi connectivity index (χ2v) is 9.29. The third-order valence-corrected chi connectivity index (χ3v) is 6.16. The van der Waals surface area contributed by atoms with Crippen LogP contribution in [0.25, 0.3) is 0 Å². The standard InChI is InChI=1S/C22H32N6O/c1-22(2,3)19-7-8-21(29)28(25-19)14-11-26-9-12-27(13-10-26)20-15-18(23-16-24-20)17-5-4-6-17/h7-8,15-17H,4-6,9-14H2,1-3H3. The summed E-state index contributed by atoms with van der Waals surface area (Å²) in [4.78, 5) is 25.9. The maximum atomic E-state index is 12.2. The average molecular weight is 397 g/mol. The van der Waals surface area contributed by atoms with E-state index in [1.54, 1.807) is 17.1 Å². The summed E-state index contributed by atoms with van der Waals surface area (Å²) in [6, 6.07) is 5.67. The Hall–Kier alpha value is -2.28. The van der Waals surface area contributed by atoms with Gasteiger partial charge in [-0.1, -0.05) is 27.2 Å². The number of anilines is 1. The first-order valence-electron chi connectivity index (χ1n) is 10.8. The molecular formula is C22H32N6O. The molecule has 156 valence electrons. The molecule has 0 N–H and O–H groups in total. The fourth-order valence-electron chi connectivity index (χ4n) is 3.91. The topological polar surface area (TPSA) is 67.2 Å². The van der Waals surface area contributed by atoms with Crippen LogP contribution in [0, 0.1) is 0 Å². The highest BCUT2D eigenvalue weighted by atomic mass is 16.1. The fourth-order valence-corrected chi connectivity index (χ4v) is 3.91. The van der Waals surface area contributed by atoms with Gasteiger partial charge in [0.2, 0.25) is 0 Å². The number of hydrogen-bond acceptors (Lipinski definition) is 6. The van der Waals surface area contributed by atoms with Crippen molar-refractivity contribution in [3.8, 4) is 0 Å². The normalized spacial score (nSPS) is 18.7. The molecule has 7 heteroatoms. The molecule has 3 heterocycles. The van der Waals surface area contributed by atoms with Gasteiger partial charge in [0.25, 0.3) is 5.56 Å². The van der Waals surface area contributed by atoms with Crippen molar-refractivity contribution in [3.05, 3.63) is 46.3 Å². The quantitative estimate of drug-likeness (QED) is 0.773. The molecule has 0 amide bonds. The predicted molar refractivity (Wildman–Crippen MR) is 114 cm³/mol. The summed E-state index contributed by atoms with van der Waals surface area (Å²) in [5.74, 6) is 1.69. The van der Waals surface area contributed by atoms with Crippen molar-refractivity contribution in [2.45, 2.75) is 57.9 Å². The van der Waals surface area contributed by atoms with Gasteiger partial charge in [-0.2, -0.15) is 5.10 Å². The van der Waals surface area contributed by atoms with Crippen LogP contribution in [0.4, 0.5) is 5.82 Å². The molecule has 29 heavy (non-hydrogen) atoms. The van der Waals surface area contributed by atoms with Gasteiger partial charge < -0.3 is 4.90 Å². The zero-order valence-electron chi connectivity index (χ0n) is 17.8. The maximum Gasteiger partial charge on any atom is 0.266 e. The lowest BCUT2D eigenvalue weighted by molar-refractivity contribution is 0.241. The lowest BCUT2D eigenvalue weighted by atomic mass is 9.83. The van der Waals surface area contributed by atoms with E-state index in [0.717, 1.165) is 44.2 Å². The Balaban J connectivity index is 1.32. The summed E-state index contributed by atoms with van der Waals surface area (Å²) in [7, 11) is 0. The zero-order valence-corrected chi connectivity index (χ0v) is 17.8. The molecule has 0 radical (unpaired) electrons. The molecule has 2 aliphatic rings. The summed E-state index contributed by atoms with van der Waals surface area (Å²) in [6.45, 7) is 11.7. The van der Waals surface area contributed by atoms with Gasteiger partial charge in [-0.05, 0) is 18.9 Å². The molecule has 4 rings (SSSR count). The highest BCUT2D eigenvalue weighted by Gasteiger charge is 2.23. The number of rotatable bonds is 5. The van der Waals surface area contributed by atoms with Gasteiger partial charge >= 0.3 is 0 Å². The minimum Gasteiger partial charge on any atom is -0.354 e. The molecule has 1 aliphatic heterocycles. The molecule has 2 aromatic heterocycles. The molecule has 2 aromatic rings. The third-order valence-electron chi connectivity index (χ3n) is 6.16. The van der Waals surface area contributed by atoms with Crippen LogP contribution >= 0.6 is 0 Å². The van der Waals surface area contributed by atoms with E-state index in [4.69, 9.17) is 0 Å². The van der Waals surface area contributed by atoms with Gasteiger partial charge in [0.05, 0.1) is 12.2 Å². The fraction of sp³-hybridized carbons (Fsp3) is 0.636. The van der Waals surface area contributed by atoms with Gasteiger partial charge in [0.1, 0.15) is 12.1 Å². The van der Waals surface area contributed by atoms with E-state index in [0.29, 0.717) is 12.5 Å². The highest BCUT2D eigenvalue weighted by Crippen LogP contribution is 2.35. The Morgan fingerprint density at radius 2 is 1.79 bits per heavy atom. The third kappa shape index (κ3) is 4.66. The number of nitrogens with zero attached hydrogens (tertiary/aromatic N) is 6. The van der Waals surface area contributed by atoms with Gasteiger partial charge in [-0.3, -0.25) is 9.69 Å². The van der Waals surface area contributed by atoms with E-state index in [2.05, 4.69) is 51.7 Å². The molecule has 0 bridgehead atoms. The van der Waals surface area contributed by atoms with E-state index in [1.807, 2.05) is 6.07 Å². The van der Waals surface area contributed by atoms with Crippen LogP contribution in [-0.4, -0.2) is 57.4 Å². The number of aromatic nitrogens is 4. The molecule has 7 nitrogen and oxygen atoms in total. The van der Waals surface area contributed by atoms with Crippen LogP contribution in [0.2, 0.25) is 0 Å². The van der Waals surface area contributed by atoms with Gasteiger partial charge in [-0.25, -0.2) is 14.6 Å². The van der Waals surface area contributed by atoms with E-state index in [-0.39, 0.29) is 11.0 Å². The second kappa shape index (κ2) is 8.22. The summed E-state index contributed by atoms with van der Waals surface area (Å²) in [6.07, 6.45) is 5.55. The van der Waals surface area contributed by atoms with E-state index in [9.17, 15) is 4.79 Å². The molecule has 1 aliphatic carbocycles. The molecule has 2 fully saturated rings. The second-order valence-electron chi connectivity index (χ2n) is 9.29. The maximum absolute atomic E-state index is 12.2. The minimum atomic E-state index is -0.0586. The average Bonchev–Trinajstić information content (AvgIpc) is 2.66. The van der Waals surface area contributed by atoms with Crippen molar-refractivity contribution in [2.75, 3.05) is 37.6 Å². The highest BCUT2D eigenvalue weighted by molar-refractivity contribution is 5.40. The van der Waals surface area contributed by atoms with Crippen molar-refractivity contribution in [3.63, 3.8) is 0 Å². The molecule has 0 aromatic carbocycles. The van der Waals surface area contributed by atoms with Crippen molar-refractivity contribution in [2.24, 2.45) is 0 Å². The van der Waals surface area contributed by atoms with E-state index < -0.39 is 0 Å². The summed E-state index contributed by atoms with van der Waals surface area (Å²) >= 11 is 0. The van der Waals surface area contributed by atoms with Crippen LogP contribution in [0.3, 0.4) is 0 Å². The Morgan fingerprint density at radius 1 is 1.03 bits per heavy atom. The lowest BCUT2D eigenvalue weighted by Gasteiger charge is -2.35. The van der Waals surface area contributed by atoms with Gasteiger partial charge in [0.15, 0.2) is 0 Å². The van der Waals surface area contributed by atoms with Crippen LogP contribution in [-0.2, 0) is 12.0 Å². The number of piperazine rings is 1. The van der Waals surface area contributed by atoms with Crippen molar-refractivity contribution in [1.82, 2.24) is 24.6 Å². The molecular weight excluding hydrogens is 364 g/mol. The molecule has 0 unspecified atom stereocenters. The van der Waals surface area contributed by atoms with Gasteiger partial charge in [-0.15, -0.1) is 0 Å². The molecule has 1 saturated heterocycles. The number of hydrogen-bond donors (Lipinski definition) is 0. The SMILES string of the molecule is CC(C)(C)c1ccc(=O)n(CCN2CCN(c3cc(C4CCC4)ncn3)CC2)n1. The first-order valence-corrected chi connectivity index (χ1v) is 10.8. The van der Waals surface area contributed by atoms with Crippen LogP contribution in [0.1, 0.15) is 57.3 Å². The zero-order chi connectivity index (χ0) is 20.4. The van der Waals surface area contributed by atoms with Crippen LogP contribution in [0.15, 0.2) is 29.3 Å². The van der Waals surface area contributed by atoms with Crippen LogP contribution in [0.5, 0.6) is 0 Å². The Morgan fingerprint density at radius 3 is 2.45 bits per heavy atom. The van der Waals surface area contributed by atoms with E-state index in [1.165, 1.54) is 25.0 Å². The Labute approximate surface area is 172 Å². The first kappa shape index (κ1) is 20.0. The van der Waals surface area contributed by atoms with E-state index >= 15 is 0 Å². The lowest BCUT2D eigenvalue weighted by Crippen LogP contribution is -2.48. The monoisotopic (exact) mass is 396 g/mol. The smallest absolute Gasteiger partial charge is 0.266 e. The van der Waals surface area contributed by atoms with Gasteiger partial charge in [0, 0.05) is 61.9 Å². The van der Waals surface area contributed by atoms with Crippen LogP contribution < -0.4 is 10.5 Å². The first-order chi connectivity index (χ1) is 13.9. The summed E-state index contributed by atoms with van der Waals surface area (Å²) < 4.78 is 1.61. The van der Waals surface area contributed by atoms with Crippen molar-refractivity contribution < 1.29 is 0 Å². The summed E-state index contributed by atoms with van der Waals surface area (Å²) in [5.41, 5.74) is 2.07. The molecule has 0 spiro atoms. The molecule has 1 saturated carbocycles. The van der Waals surface area contributed by atoms with Crippen molar-refractivity contribution in [1.29, 1.82) is 0 Å². The summed E-state index contributed by atoms with van der Waals surface area (Å²) in [5, 5.41) is 4.58. The molecule has 0 atom stereocenters. The Kier molecular flexibility index (Phi) is 5.67. The largest absolute Gasteiger partial charge is 0.354 e. The minimum absolute atomic E-state index is 0.0267. The predicted octanol–water partition coefficient (Wildman–Crippen LogP) is 2.42. The van der Waals surface area contributed by atoms with Crippen molar-refractivity contribution >= 4 is 5.82 Å².